The molecule has 0 fully saturated rings. The van der Waals surface area contributed by atoms with Crippen LogP contribution in [0.5, 0.6) is 0 Å². The number of hydrogen-bond acceptors (Lipinski definition) is 2. The summed E-state index contributed by atoms with van der Waals surface area (Å²) in [5.41, 5.74) is 3.47. The summed E-state index contributed by atoms with van der Waals surface area (Å²) in [6.07, 6.45) is 4.10. The molecule has 0 aliphatic carbocycles. The maximum Gasteiger partial charge on any atom is 0.356 e. The van der Waals surface area contributed by atoms with Crippen LogP contribution in [-0.2, 0) is 6.42 Å². The fourth-order valence-electron chi connectivity index (χ4n) is 2.93. The van der Waals surface area contributed by atoms with Gasteiger partial charge in [-0.2, -0.15) is 5.10 Å². The highest BCUT2D eigenvalue weighted by Gasteiger charge is 2.18. The number of H-pyrrole nitrogens is 1. The standard InChI is InChI=1S/C19H14ClN3O2/c20-14-6-7-17-16(9-14)12(10-21-17)8-13-11-23(22-18(13)19(24)25)15-4-2-1-3-5-15/h1-7,9-11,21H,8H2,(H,24,25). The molecule has 0 saturated carbocycles. The van der Waals surface area contributed by atoms with Gasteiger partial charge in [-0.3, -0.25) is 0 Å². The highest BCUT2D eigenvalue weighted by Crippen LogP contribution is 2.25. The van der Waals surface area contributed by atoms with Gasteiger partial charge in [-0.05, 0) is 35.9 Å². The van der Waals surface area contributed by atoms with Crippen LogP contribution < -0.4 is 0 Å². The molecule has 2 aromatic heterocycles. The molecular weight excluding hydrogens is 338 g/mol. The molecule has 4 rings (SSSR count). The second kappa shape index (κ2) is 6.11. The van der Waals surface area contributed by atoms with Crippen molar-refractivity contribution in [3.63, 3.8) is 0 Å². The van der Waals surface area contributed by atoms with E-state index in [2.05, 4.69) is 10.1 Å². The number of carboxylic acids is 1. The van der Waals surface area contributed by atoms with Crippen molar-refractivity contribution in [1.29, 1.82) is 0 Å². The van der Waals surface area contributed by atoms with Crippen LogP contribution in [0.15, 0.2) is 60.9 Å². The van der Waals surface area contributed by atoms with Crippen molar-refractivity contribution < 1.29 is 9.90 Å². The Morgan fingerprint density at radius 2 is 1.96 bits per heavy atom. The van der Waals surface area contributed by atoms with E-state index in [0.29, 0.717) is 17.0 Å². The number of hydrogen-bond donors (Lipinski definition) is 2. The molecule has 0 aliphatic rings. The van der Waals surface area contributed by atoms with Crippen molar-refractivity contribution in [3.05, 3.63) is 82.8 Å². The highest BCUT2D eigenvalue weighted by molar-refractivity contribution is 6.31. The van der Waals surface area contributed by atoms with Crippen LogP contribution in [0.2, 0.25) is 5.02 Å². The van der Waals surface area contributed by atoms with Gasteiger partial charge in [0, 0.05) is 40.3 Å². The molecule has 2 aromatic carbocycles. The van der Waals surface area contributed by atoms with Crippen LogP contribution >= 0.6 is 11.6 Å². The van der Waals surface area contributed by atoms with Crippen LogP contribution in [0.1, 0.15) is 21.6 Å². The number of nitrogens with one attached hydrogen (secondary N) is 1. The summed E-state index contributed by atoms with van der Waals surface area (Å²) in [5, 5.41) is 15.4. The van der Waals surface area contributed by atoms with E-state index in [4.69, 9.17) is 11.6 Å². The molecule has 0 amide bonds. The average Bonchev–Trinajstić information content (AvgIpc) is 3.21. The van der Waals surface area contributed by atoms with Gasteiger partial charge in [-0.25, -0.2) is 9.48 Å². The Balaban J connectivity index is 1.77. The van der Waals surface area contributed by atoms with Gasteiger partial charge in [-0.15, -0.1) is 0 Å². The molecule has 0 saturated heterocycles. The normalized spacial score (nSPS) is 11.1. The van der Waals surface area contributed by atoms with Gasteiger partial charge in [0.2, 0.25) is 0 Å². The monoisotopic (exact) mass is 351 g/mol. The zero-order valence-corrected chi connectivity index (χ0v) is 13.9. The van der Waals surface area contributed by atoms with E-state index in [1.54, 1.807) is 10.9 Å². The second-order valence-corrected chi connectivity index (χ2v) is 6.21. The topological polar surface area (TPSA) is 70.9 Å². The van der Waals surface area contributed by atoms with Crippen LogP contribution in [0, 0.1) is 0 Å². The van der Waals surface area contributed by atoms with Crippen molar-refractivity contribution in [2.75, 3.05) is 0 Å². The number of carbonyl (C=O) groups is 1. The number of para-hydroxylation sites is 1. The fraction of sp³-hybridized carbons (Fsp3) is 0.0526. The summed E-state index contributed by atoms with van der Waals surface area (Å²) in [6, 6.07) is 15.1. The smallest absolute Gasteiger partial charge is 0.356 e. The number of halogens is 1. The molecule has 0 bridgehead atoms. The number of aromatic nitrogens is 3. The third kappa shape index (κ3) is 2.90. The first kappa shape index (κ1) is 15.5. The predicted octanol–water partition coefficient (Wildman–Crippen LogP) is 4.30. The zero-order chi connectivity index (χ0) is 17.4. The molecule has 2 heterocycles. The lowest BCUT2D eigenvalue weighted by Crippen LogP contribution is -2.03. The van der Waals surface area contributed by atoms with E-state index in [9.17, 15) is 9.90 Å². The molecule has 0 radical (unpaired) electrons. The maximum atomic E-state index is 11.6. The van der Waals surface area contributed by atoms with E-state index in [1.165, 1.54) is 0 Å². The molecule has 124 valence electrons. The van der Waals surface area contributed by atoms with Crippen molar-refractivity contribution in [1.82, 2.24) is 14.8 Å². The lowest BCUT2D eigenvalue weighted by molar-refractivity contribution is 0.0689. The summed E-state index contributed by atoms with van der Waals surface area (Å²) >= 11 is 6.09. The minimum Gasteiger partial charge on any atom is -0.476 e. The Bertz CT molecular complexity index is 1070. The summed E-state index contributed by atoms with van der Waals surface area (Å²) in [5.74, 6) is -1.04. The molecule has 2 N–H and O–H groups in total. The van der Waals surface area contributed by atoms with Gasteiger partial charge in [0.25, 0.3) is 0 Å². The molecule has 0 unspecified atom stereocenters. The third-order valence-electron chi connectivity index (χ3n) is 4.12. The van der Waals surface area contributed by atoms with E-state index in [1.807, 2.05) is 54.7 Å². The molecule has 0 spiro atoms. The number of aromatic carboxylic acids is 1. The average molecular weight is 352 g/mol. The molecular formula is C19H14ClN3O2. The van der Waals surface area contributed by atoms with Crippen molar-refractivity contribution in [3.8, 4) is 5.69 Å². The number of benzene rings is 2. The SMILES string of the molecule is O=C(O)c1nn(-c2ccccc2)cc1Cc1c[nH]c2ccc(Cl)cc12. The van der Waals surface area contributed by atoms with Gasteiger partial charge in [0.1, 0.15) is 0 Å². The molecule has 25 heavy (non-hydrogen) atoms. The van der Waals surface area contributed by atoms with Crippen LogP contribution in [0.25, 0.3) is 16.6 Å². The number of fused-ring (bicyclic) bond motifs is 1. The Hall–Kier alpha value is -3.05. The summed E-state index contributed by atoms with van der Waals surface area (Å²) in [7, 11) is 0. The zero-order valence-electron chi connectivity index (χ0n) is 13.1. The van der Waals surface area contributed by atoms with E-state index in [0.717, 1.165) is 22.2 Å². The van der Waals surface area contributed by atoms with Gasteiger partial charge < -0.3 is 10.1 Å². The molecule has 0 atom stereocenters. The third-order valence-corrected chi connectivity index (χ3v) is 4.36. The predicted molar refractivity (Wildman–Crippen MR) is 96.6 cm³/mol. The second-order valence-electron chi connectivity index (χ2n) is 5.77. The first-order valence-corrected chi connectivity index (χ1v) is 8.12. The Kier molecular flexibility index (Phi) is 3.78. The first-order chi connectivity index (χ1) is 12.1. The van der Waals surface area contributed by atoms with E-state index < -0.39 is 5.97 Å². The van der Waals surface area contributed by atoms with Crippen molar-refractivity contribution >= 4 is 28.5 Å². The lowest BCUT2D eigenvalue weighted by atomic mass is 10.0. The fourth-order valence-corrected chi connectivity index (χ4v) is 3.11. The minimum absolute atomic E-state index is 0.0558. The summed E-state index contributed by atoms with van der Waals surface area (Å²) in [6.45, 7) is 0. The minimum atomic E-state index is -1.04. The van der Waals surface area contributed by atoms with Crippen LogP contribution in [0.3, 0.4) is 0 Å². The first-order valence-electron chi connectivity index (χ1n) is 7.74. The lowest BCUT2D eigenvalue weighted by Gasteiger charge is -2.00. The number of nitrogens with zero attached hydrogens (tertiary/aromatic N) is 2. The Labute approximate surface area is 148 Å². The van der Waals surface area contributed by atoms with Gasteiger partial charge in [-0.1, -0.05) is 29.8 Å². The number of carboxylic acid groups (broad SMARTS) is 1. The van der Waals surface area contributed by atoms with Gasteiger partial charge >= 0.3 is 5.97 Å². The van der Waals surface area contributed by atoms with E-state index in [-0.39, 0.29) is 5.69 Å². The largest absolute Gasteiger partial charge is 0.476 e. The maximum absolute atomic E-state index is 11.6. The van der Waals surface area contributed by atoms with Crippen LogP contribution in [-0.4, -0.2) is 25.8 Å². The summed E-state index contributed by atoms with van der Waals surface area (Å²) < 4.78 is 1.60. The highest BCUT2D eigenvalue weighted by atomic mass is 35.5. The van der Waals surface area contributed by atoms with Crippen molar-refractivity contribution in [2.24, 2.45) is 0 Å². The molecule has 0 aliphatic heterocycles. The van der Waals surface area contributed by atoms with Crippen LogP contribution in [0.4, 0.5) is 0 Å². The van der Waals surface area contributed by atoms with E-state index >= 15 is 0 Å². The molecule has 6 heteroatoms. The summed E-state index contributed by atoms with van der Waals surface area (Å²) in [4.78, 5) is 14.8. The van der Waals surface area contributed by atoms with Crippen molar-refractivity contribution in [2.45, 2.75) is 6.42 Å². The Morgan fingerprint density at radius 1 is 1.16 bits per heavy atom. The van der Waals surface area contributed by atoms with Gasteiger partial charge in [0.15, 0.2) is 5.69 Å². The quantitative estimate of drug-likeness (QED) is 0.576. The Morgan fingerprint density at radius 3 is 2.72 bits per heavy atom. The number of rotatable bonds is 4. The molecule has 5 nitrogen and oxygen atoms in total. The molecule has 4 aromatic rings. The van der Waals surface area contributed by atoms with Gasteiger partial charge in [0.05, 0.1) is 5.69 Å². The number of aromatic amines is 1.